The second kappa shape index (κ2) is 3.20. The fourth-order valence-electron chi connectivity index (χ4n) is 0.999. The maximum Gasteiger partial charge on any atom is 0.487 e. The molecule has 6 heteroatoms. The van der Waals surface area contributed by atoms with E-state index >= 15 is 0 Å². The molecule has 0 aliphatic carbocycles. The Morgan fingerprint density at radius 3 is 2.75 bits per heavy atom. The summed E-state index contributed by atoms with van der Waals surface area (Å²) in [5.41, 5.74) is 2.31. The van der Waals surface area contributed by atoms with E-state index in [-0.39, 0.29) is 12.5 Å². The first-order valence-electron chi connectivity index (χ1n) is 3.69. The molecule has 70 valence electrons. The van der Waals surface area contributed by atoms with Gasteiger partial charge in [0.05, 0.1) is 0 Å². The lowest BCUT2D eigenvalue weighted by Crippen LogP contribution is -2.41. The van der Waals surface area contributed by atoms with Gasteiger partial charge >= 0.3 is 6.30 Å². The summed E-state index contributed by atoms with van der Waals surface area (Å²) in [4.78, 5) is 0.316. The molecule has 12 heavy (non-hydrogen) atoms. The number of hydrazone groups is 1. The third-order valence-electron chi connectivity index (χ3n) is 1.53. The number of nitrogens with zero attached hydrogens (tertiary/aromatic N) is 2. The molecule has 0 fully saturated rings. The largest absolute Gasteiger partial charge is 0.487 e. The maximum absolute atomic E-state index is 12.1. The van der Waals surface area contributed by atoms with E-state index in [1.807, 2.05) is 6.92 Å². The van der Waals surface area contributed by atoms with Gasteiger partial charge in [-0.05, 0) is 6.42 Å². The lowest BCUT2D eigenvalue weighted by molar-refractivity contribution is -0.216. The van der Waals surface area contributed by atoms with Crippen LogP contribution in [0.3, 0.4) is 0 Å². The second-order valence-electron chi connectivity index (χ2n) is 2.49. The van der Waals surface area contributed by atoms with Gasteiger partial charge in [0.25, 0.3) is 0 Å². The van der Waals surface area contributed by atoms with E-state index in [2.05, 4.69) is 10.5 Å². The molecule has 1 heterocycles. The molecule has 1 N–H and O–H groups in total. The van der Waals surface area contributed by atoms with E-state index in [4.69, 9.17) is 0 Å². The van der Waals surface area contributed by atoms with Crippen LogP contribution in [0.2, 0.25) is 0 Å². The van der Waals surface area contributed by atoms with Crippen molar-refractivity contribution in [3.63, 3.8) is 0 Å². The van der Waals surface area contributed by atoms with Crippen molar-refractivity contribution in [2.45, 2.75) is 26.1 Å². The van der Waals surface area contributed by atoms with Gasteiger partial charge in [0.2, 0.25) is 0 Å². The Kier molecular flexibility index (Phi) is 2.44. The van der Waals surface area contributed by atoms with Crippen LogP contribution in [-0.4, -0.2) is 23.7 Å². The lowest BCUT2D eigenvalue weighted by atomic mass is 10.3. The molecule has 0 amide bonds. The highest BCUT2D eigenvalue weighted by atomic mass is 19.4. The first-order chi connectivity index (χ1) is 5.55. The van der Waals surface area contributed by atoms with Crippen LogP contribution in [0.5, 0.6) is 0 Å². The summed E-state index contributed by atoms with van der Waals surface area (Å²) in [5, 5.41) is 3.55. The highest BCUT2D eigenvalue weighted by Crippen LogP contribution is 2.23. The fourth-order valence-corrected chi connectivity index (χ4v) is 0.999. The van der Waals surface area contributed by atoms with E-state index in [1.165, 1.54) is 0 Å². The van der Waals surface area contributed by atoms with Crippen LogP contribution >= 0.6 is 0 Å². The Morgan fingerprint density at radius 2 is 2.25 bits per heavy atom. The van der Waals surface area contributed by atoms with Crippen molar-refractivity contribution in [3.05, 3.63) is 0 Å². The number of hydrogen-bond donors (Lipinski definition) is 1. The molecule has 0 spiro atoms. The van der Waals surface area contributed by atoms with Crippen LogP contribution in [-0.2, 0) is 0 Å². The zero-order valence-corrected chi connectivity index (χ0v) is 6.65. The van der Waals surface area contributed by atoms with Gasteiger partial charge < -0.3 is 0 Å². The second-order valence-corrected chi connectivity index (χ2v) is 2.49. The third kappa shape index (κ3) is 1.80. The van der Waals surface area contributed by atoms with Gasteiger partial charge in [-0.1, -0.05) is 6.92 Å². The number of alkyl halides is 3. The predicted octanol–water partition coefficient (Wildman–Crippen LogP) is 1.48. The molecular weight excluding hydrogens is 171 g/mol. The molecule has 0 atom stereocenters. The standard InChI is InChI=1S/C6H10F3N3/c1-2-3-5-11-10-4-12(5)6(7,8)9/h10H,2-4H2,1H3. The predicted molar refractivity (Wildman–Crippen MR) is 38.2 cm³/mol. The van der Waals surface area contributed by atoms with Gasteiger partial charge in [-0.2, -0.15) is 5.10 Å². The maximum atomic E-state index is 12.1. The van der Waals surface area contributed by atoms with Gasteiger partial charge in [-0.25, -0.2) is 0 Å². The summed E-state index contributed by atoms with van der Waals surface area (Å²) in [5.74, 6) is 0.0741. The van der Waals surface area contributed by atoms with Crippen molar-refractivity contribution >= 4 is 5.84 Å². The Labute approximate surface area is 68.2 Å². The number of rotatable bonds is 2. The summed E-state index contributed by atoms with van der Waals surface area (Å²) in [7, 11) is 0. The van der Waals surface area contributed by atoms with Gasteiger partial charge in [-0.3, -0.25) is 10.3 Å². The minimum absolute atomic E-state index is 0.0741. The van der Waals surface area contributed by atoms with Crippen LogP contribution in [0.4, 0.5) is 13.2 Å². The molecule has 1 rings (SSSR count). The molecule has 0 bridgehead atoms. The number of halogens is 3. The van der Waals surface area contributed by atoms with Crippen LogP contribution in [0.25, 0.3) is 0 Å². The SMILES string of the molecule is CCCC1=NNCN1C(F)(F)F. The zero-order chi connectivity index (χ0) is 9.19. The molecule has 0 radical (unpaired) electrons. The normalized spacial score (nSPS) is 17.7. The van der Waals surface area contributed by atoms with Gasteiger partial charge in [0.15, 0.2) is 0 Å². The Balaban J connectivity index is 2.62. The van der Waals surface area contributed by atoms with E-state index in [9.17, 15) is 13.2 Å². The Bertz CT molecular complexity index is 187. The monoisotopic (exact) mass is 181 g/mol. The fraction of sp³-hybridized carbons (Fsp3) is 0.833. The van der Waals surface area contributed by atoms with Crippen molar-refractivity contribution in [3.8, 4) is 0 Å². The molecule has 0 aromatic carbocycles. The van der Waals surface area contributed by atoms with E-state index in [0.717, 1.165) is 0 Å². The topological polar surface area (TPSA) is 27.6 Å². The van der Waals surface area contributed by atoms with E-state index < -0.39 is 6.30 Å². The van der Waals surface area contributed by atoms with Crippen LogP contribution in [0, 0.1) is 0 Å². The Morgan fingerprint density at radius 1 is 1.58 bits per heavy atom. The van der Waals surface area contributed by atoms with Crippen molar-refractivity contribution in [2.75, 3.05) is 6.67 Å². The average Bonchev–Trinajstić information content (AvgIpc) is 2.34. The molecule has 0 aromatic rings. The first-order valence-corrected chi connectivity index (χ1v) is 3.69. The quantitative estimate of drug-likeness (QED) is 0.653. The summed E-state index contributed by atoms with van der Waals surface area (Å²) >= 11 is 0. The molecule has 0 aromatic heterocycles. The van der Waals surface area contributed by atoms with Gasteiger partial charge in [0, 0.05) is 6.42 Å². The van der Waals surface area contributed by atoms with Crippen LogP contribution in [0.15, 0.2) is 5.10 Å². The molecular formula is C6H10F3N3. The summed E-state index contributed by atoms with van der Waals surface area (Å²) < 4.78 is 36.4. The summed E-state index contributed by atoms with van der Waals surface area (Å²) in [6, 6.07) is 0. The lowest BCUT2D eigenvalue weighted by Gasteiger charge is -2.21. The molecule has 1 aliphatic heterocycles. The third-order valence-corrected chi connectivity index (χ3v) is 1.53. The zero-order valence-electron chi connectivity index (χ0n) is 6.65. The first kappa shape index (κ1) is 9.15. The minimum atomic E-state index is -4.31. The van der Waals surface area contributed by atoms with E-state index in [0.29, 0.717) is 17.7 Å². The van der Waals surface area contributed by atoms with Crippen LogP contribution < -0.4 is 5.43 Å². The minimum Gasteiger partial charge on any atom is -0.288 e. The summed E-state index contributed by atoms with van der Waals surface area (Å²) in [6.45, 7) is 1.55. The smallest absolute Gasteiger partial charge is 0.288 e. The van der Waals surface area contributed by atoms with Gasteiger partial charge in [0.1, 0.15) is 12.5 Å². The molecule has 1 aliphatic rings. The summed E-state index contributed by atoms with van der Waals surface area (Å²) in [6.07, 6.45) is -3.29. The molecule has 0 saturated carbocycles. The highest BCUT2D eigenvalue weighted by molar-refractivity contribution is 5.83. The van der Waals surface area contributed by atoms with Crippen LogP contribution in [0.1, 0.15) is 19.8 Å². The molecule has 0 unspecified atom stereocenters. The van der Waals surface area contributed by atoms with Crippen molar-refractivity contribution < 1.29 is 13.2 Å². The Hall–Kier alpha value is -0.940. The van der Waals surface area contributed by atoms with E-state index in [1.54, 1.807) is 0 Å². The van der Waals surface area contributed by atoms with Crippen molar-refractivity contribution in [1.29, 1.82) is 0 Å². The van der Waals surface area contributed by atoms with Crippen molar-refractivity contribution in [2.24, 2.45) is 5.10 Å². The highest BCUT2D eigenvalue weighted by Gasteiger charge is 2.41. The number of hydrogen-bond acceptors (Lipinski definition) is 3. The molecule has 3 nitrogen and oxygen atoms in total. The van der Waals surface area contributed by atoms with Gasteiger partial charge in [-0.15, -0.1) is 13.2 Å². The number of nitrogens with one attached hydrogen (secondary N) is 1. The van der Waals surface area contributed by atoms with Crippen molar-refractivity contribution in [1.82, 2.24) is 10.3 Å². The average molecular weight is 181 g/mol. The number of amidine groups is 1. The molecule has 0 saturated heterocycles.